The van der Waals surface area contributed by atoms with Crippen LogP contribution in [0.5, 0.6) is 0 Å². The smallest absolute Gasteiger partial charge is 0.259 e. The van der Waals surface area contributed by atoms with Crippen molar-refractivity contribution >= 4 is 22.7 Å². The molecule has 30 heavy (non-hydrogen) atoms. The van der Waals surface area contributed by atoms with Gasteiger partial charge in [0, 0.05) is 23.7 Å². The molecule has 1 aliphatic rings. The number of amides is 1. The maximum absolute atomic E-state index is 14.3. The summed E-state index contributed by atoms with van der Waals surface area (Å²) in [6.45, 7) is 2.10. The molecule has 3 heterocycles. The molecule has 0 aliphatic carbocycles. The summed E-state index contributed by atoms with van der Waals surface area (Å²) in [6.07, 6.45) is 1.04. The predicted octanol–water partition coefficient (Wildman–Crippen LogP) is 5.07. The van der Waals surface area contributed by atoms with Crippen molar-refractivity contribution in [3.05, 3.63) is 77.0 Å². The Bertz CT molecular complexity index is 1280. The van der Waals surface area contributed by atoms with E-state index in [1.165, 1.54) is 11.0 Å². The fraction of sp³-hybridized carbons (Fsp3) is 0.174. The lowest BCUT2D eigenvalue weighted by molar-refractivity contribution is 0.0986. The number of pyridine rings is 1. The number of hydrogen-bond donors (Lipinski definition) is 0. The molecule has 7 heteroatoms. The number of carbonyl (C=O) groups excluding carboxylic acids is 1. The van der Waals surface area contributed by atoms with E-state index in [0.717, 1.165) is 11.6 Å². The number of rotatable bonds is 2. The standard InChI is InChI=1S/C23H17F2N3O2/c1-13-21-17(12-19(26-22(21)30-27-13)14-6-3-2-4-7-14)23(29)28-9-5-8-16-18(25)10-15(24)11-20(16)28/h2-4,6-7,10-12H,5,8-9H2,1H3. The molecule has 0 atom stereocenters. The maximum Gasteiger partial charge on any atom is 0.259 e. The second kappa shape index (κ2) is 7.02. The maximum atomic E-state index is 14.3. The van der Waals surface area contributed by atoms with Gasteiger partial charge in [0.25, 0.3) is 11.6 Å². The van der Waals surface area contributed by atoms with Crippen LogP contribution in [0.1, 0.15) is 28.0 Å². The normalized spacial score (nSPS) is 13.5. The average molecular weight is 405 g/mol. The molecule has 0 radical (unpaired) electrons. The van der Waals surface area contributed by atoms with Crippen molar-refractivity contribution in [2.75, 3.05) is 11.4 Å². The van der Waals surface area contributed by atoms with Gasteiger partial charge in [-0.3, -0.25) is 4.79 Å². The Morgan fingerprint density at radius 2 is 1.93 bits per heavy atom. The van der Waals surface area contributed by atoms with Crippen LogP contribution in [-0.4, -0.2) is 22.6 Å². The summed E-state index contributed by atoms with van der Waals surface area (Å²) in [7, 11) is 0. The second-order valence-corrected chi connectivity index (χ2v) is 7.31. The highest BCUT2D eigenvalue weighted by Crippen LogP contribution is 2.34. The summed E-state index contributed by atoms with van der Waals surface area (Å²) in [4.78, 5) is 19.6. The van der Waals surface area contributed by atoms with Gasteiger partial charge in [0.05, 0.1) is 28.0 Å². The Kier molecular flexibility index (Phi) is 4.31. The van der Waals surface area contributed by atoms with Gasteiger partial charge in [-0.2, -0.15) is 0 Å². The van der Waals surface area contributed by atoms with E-state index in [1.807, 2.05) is 30.3 Å². The number of anilines is 1. The molecular weight excluding hydrogens is 388 g/mol. The minimum absolute atomic E-state index is 0.250. The van der Waals surface area contributed by atoms with Crippen LogP contribution in [0.2, 0.25) is 0 Å². The molecule has 0 N–H and O–H groups in total. The summed E-state index contributed by atoms with van der Waals surface area (Å²) in [5, 5.41) is 4.47. The third-order valence-electron chi connectivity index (χ3n) is 5.40. The summed E-state index contributed by atoms with van der Waals surface area (Å²) in [5.41, 5.74) is 3.12. The highest BCUT2D eigenvalue weighted by molar-refractivity contribution is 6.14. The number of nitrogens with zero attached hydrogens (tertiary/aromatic N) is 3. The lowest BCUT2D eigenvalue weighted by Gasteiger charge is -2.30. The number of aryl methyl sites for hydroxylation is 1. The van der Waals surface area contributed by atoms with Gasteiger partial charge < -0.3 is 9.42 Å². The monoisotopic (exact) mass is 405 g/mol. The van der Waals surface area contributed by atoms with E-state index in [9.17, 15) is 13.6 Å². The van der Waals surface area contributed by atoms with Crippen molar-refractivity contribution in [3.63, 3.8) is 0 Å². The molecule has 1 amide bonds. The number of fused-ring (bicyclic) bond motifs is 2. The van der Waals surface area contributed by atoms with Crippen LogP contribution in [0.4, 0.5) is 14.5 Å². The Labute approximate surface area is 170 Å². The lowest BCUT2D eigenvalue weighted by Crippen LogP contribution is -2.36. The first-order chi connectivity index (χ1) is 14.5. The first-order valence-electron chi connectivity index (χ1n) is 9.65. The van der Waals surface area contributed by atoms with E-state index < -0.39 is 11.6 Å². The van der Waals surface area contributed by atoms with Crippen molar-refractivity contribution in [2.45, 2.75) is 19.8 Å². The van der Waals surface area contributed by atoms with Gasteiger partial charge in [-0.05, 0) is 31.9 Å². The van der Waals surface area contributed by atoms with Crippen molar-refractivity contribution in [1.82, 2.24) is 10.1 Å². The van der Waals surface area contributed by atoms with Crippen molar-refractivity contribution < 1.29 is 18.1 Å². The van der Waals surface area contributed by atoms with Crippen molar-refractivity contribution in [2.24, 2.45) is 0 Å². The van der Waals surface area contributed by atoms with Crippen LogP contribution in [0, 0.1) is 18.6 Å². The highest BCUT2D eigenvalue weighted by Gasteiger charge is 2.29. The molecule has 150 valence electrons. The van der Waals surface area contributed by atoms with Crippen LogP contribution in [0.3, 0.4) is 0 Å². The summed E-state index contributed by atoms with van der Waals surface area (Å²) in [5.74, 6) is -1.71. The van der Waals surface area contributed by atoms with Gasteiger partial charge in [-0.15, -0.1) is 0 Å². The van der Waals surface area contributed by atoms with Gasteiger partial charge in [-0.1, -0.05) is 35.5 Å². The first-order valence-corrected chi connectivity index (χ1v) is 9.65. The van der Waals surface area contributed by atoms with E-state index in [0.29, 0.717) is 47.3 Å². The molecule has 2 aromatic heterocycles. The molecule has 5 rings (SSSR count). The minimum Gasteiger partial charge on any atom is -0.335 e. The summed E-state index contributed by atoms with van der Waals surface area (Å²) in [6, 6.07) is 13.2. The topological polar surface area (TPSA) is 59.2 Å². The van der Waals surface area contributed by atoms with Crippen LogP contribution in [-0.2, 0) is 6.42 Å². The van der Waals surface area contributed by atoms with Crippen molar-refractivity contribution in [3.8, 4) is 11.3 Å². The largest absolute Gasteiger partial charge is 0.335 e. The third-order valence-corrected chi connectivity index (χ3v) is 5.40. The molecule has 0 fully saturated rings. The molecule has 2 aromatic carbocycles. The fourth-order valence-corrected chi connectivity index (χ4v) is 3.99. The van der Waals surface area contributed by atoms with E-state index in [2.05, 4.69) is 10.1 Å². The van der Waals surface area contributed by atoms with E-state index in [-0.39, 0.29) is 17.3 Å². The molecule has 0 saturated heterocycles. The number of carbonyl (C=O) groups is 1. The van der Waals surface area contributed by atoms with Crippen LogP contribution in [0.15, 0.2) is 53.1 Å². The predicted molar refractivity (Wildman–Crippen MR) is 108 cm³/mol. The SMILES string of the molecule is Cc1noc2nc(-c3ccccc3)cc(C(=O)N3CCCc4c(F)cc(F)cc43)c12. The van der Waals surface area contributed by atoms with Crippen molar-refractivity contribution in [1.29, 1.82) is 0 Å². The zero-order chi connectivity index (χ0) is 20.8. The molecule has 0 spiro atoms. The van der Waals surface area contributed by atoms with Crippen LogP contribution in [0.25, 0.3) is 22.4 Å². The van der Waals surface area contributed by atoms with Gasteiger partial charge in [0.1, 0.15) is 11.6 Å². The van der Waals surface area contributed by atoms with E-state index >= 15 is 0 Å². The Morgan fingerprint density at radius 3 is 2.73 bits per heavy atom. The zero-order valence-electron chi connectivity index (χ0n) is 16.2. The number of hydrogen-bond acceptors (Lipinski definition) is 4. The van der Waals surface area contributed by atoms with Gasteiger partial charge in [0.15, 0.2) is 0 Å². The zero-order valence-corrected chi connectivity index (χ0v) is 16.2. The van der Waals surface area contributed by atoms with Gasteiger partial charge in [-0.25, -0.2) is 13.8 Å². The Morgan fingerprint density at radius 1 is 1.13 bits per heavy atom. The van der Waals surface area contributed by atoms with Gasteiger partial charge >= 0.3 is 0 Å². The van der Waals surface area contributed by atoms with E-state index in [4.69, 9.17) is 4.52 Å². The molecule has 5 nitrogen and oxygen atoms in total. The Balaban J connectivity index is 1.69. The fourth-order valence-electron chi connectivity index (χ4n) is 3.99. The number of benzene rings is 2. The molecule has 1 aliphatic heterocycles. The molecule has 0 bridgehead atoms. The Hall–Kier alpha value is -3.61. The number of aromatic nitrogens is 2. The average Bonchev–Trinajstić information content (AvgIpc) is 3.13. The van der Waals surface area contributed by atoms with E-state index in [1.54, 1.807) is 13.0 Å². The first kappa shape index (κ1) is 18.4. The lowest BCUT2D eigenvalue weighted by atomic mass is 9.98. The summed E-state index contributed by atoms with van der Waals surface area (Å²) < 4.78 is 33.6. The minimum atomic E-state index is -0.711. The second-order valence-electron chi connectivity index (χ2n) is 7.31. The van der Waals surface area contributed by atoms with Gasteiger partial charge in [0.2, 0.25) is 0 Å². The number of halogens is 2. The van der Waals surface area contributed by atoms with Crippen LogP contribution >= 0.6 is 0 Å². The highest BCUT2D eigenvalue weighted by atomic mass is 19.1. The molecule has 0 unspecified atom stereocenters. The molecule has 0 saturated carbocycles. The summed E-state index contributed by atoms with van der Waals surface area (Å²) >= 11 is 0. The van der Waals surface area contributed by atoms with Crippen LogP contribution < -0.4 is 4.90 Å². The third kappa shape index (κ3) is 2.94. The molecule has 4 aromatic rings. The molecular formula is C23H17F2N3O2. The quantitative estimate of drug-likeness (QED) is 0.467.